The average Bonchev–Trinajstić information content (AvgIpc) is 3.04. The molecule has 4 nitrogen and oxygen atoms in total. The summed E-state index contributed by atoms with van der Waals surface area (Å²) in [6.45, 7) is 6.23. The lowest BCUT2D eigenvalue weighted by Crippen LogP contribution is -2.11. The predicted molar refractivity (Wildman–Crippen MR) is 65.1 cm³/mol. The van der Waals surface area contributed by atoms with Crippen molar-refractivity contribution in [1.29, 1.82) is 0 Å². The smallest absolute Gasteiger partial charge is 0.303 e. The van der Waals surface area contributed by atoms with Gasteiger partial charge in [0.25, 0.3) is 0 Å². The summed E-state index contributed by atoms with van der Waals surface area (Å²) >= 11 is 0. The van der Waals surface area contributed by atoms with Crippen molar-refractivity contribution in [3.8, 4) is 0 Å². The molecule has 94 valence electrons. The Bertz CT molecular complexity index is 433. The summed E-state index contributed by atoms with van der Waals surface area (Å²) in [6.07, 6.45) is 3.36. The SMILES string of the molecule is Cc1nn(C(C)C2CC2)c(C)c1CCC(=O)O. The first-order chi connectivity index (χ1) is 8.00. The molecule has 0 aliphatic heterocycles. The molecule has 1 atom stereocenters. The van der Waals surface area contributed by atoms with E-state index in [0.29, 0.717) is 12.5 Å². The molecule has 0 saturated heterocycles. The summed E-state index contributed by atoms with van der Waals surface area (Å²) in [6, 6.07) is 0.451. The van der Waals surface area contributed by atoms with Gasteiger partial charge in [-0.25, -0.2) is 0 Å². The van der Waals surface area contributed by atoms with Crippen LogP contribution in [0.2, 0.25) is 0 Å². The molecular formula is C13H20N2O2. The van der Waals surface area contributed by atoms with E-state index >= 15 is 0 Å². The molecule has 1 unspecified atom stereocenters. The summed E-state index contributed by atoms with van der Waals surface area (Å²) in [4.78, 5) is 10.6. The van der Waals surface area contributed by atoms with E-state index < -0.39 is 5.97 Å². The van der Waals surface area contributed by atoms with E-state index in [-0.39, 0.29) is 6.42 Å². The predicted octanol–water partition coefficient (Wildman–Crippen LogP) is 2.49. The van der Waals surface area contributed by atoms with Crippen LogP contribution in [0.1, 0.15) is 49.2 Å². The van der Waals surface area contributed by atoms with Crippen LogP contribution in [0, 0.1) is 19.8 Å². The fraction of sp³-hybridized carbons (Fsp3) is 0.692. The Hall–Kier alpha value is -1.32. The van der Waals surface area contributed by atoms with Gasteiger partial charge in [0.2, 0.25) is 0 Å². The highest BCUT2D eigenvalue weighted by atomic mass is 16.4. The standard InChI is InChI=1S/C13H20N2O2/c1-8-12(6-7-13(16)17)10(3)15(14-8)9(2)11-4-5-11/h9,11H,4-7H2,1-3H3,(H,16,17). The highest BCUT2D eigenvalue weighted by Crippen LogP contribution is 2.40. The lowest BCUT2D eigenvalue weighted by atomic mass is 10.1. The van der Waals surface area contributed by atoms with Gasteiger partial charge in [0, 0.05) is 12.1 Å². The monoisotopic (exact) mass is 236 g/mol. The first kappa shape index (κ1) is 12.1. The van der Waals surface area contributed by atoms with Crippen molar-refractivity contribution < 1.29 is 9.90 Å². The van der Waals surface area contributed by atoms with Crippen LogP contribution in [0.5, 0.6) is 0 Å². The van der Waals surface area contributed by atoms with Crippen molar-refractivity contribution in [1.82, 2.24) is 9.78 Å². The molecular weight excluding hydrogens is 216 g/mol. The maximum Gasteiger partial charge on any atom is 0.303 e. The minimum absolute atomic E-state index is 0.186. The third-order valence-corrected chi connectivity index (χ3v) is 3.75. The van der Waals surface area contributed by atoms with E-state index in [0.717, 1.165) is 22.9 Å². The molecule has 1 aliphatic carbocycles. The van der Waals surface area contributed by atoms with Crippen molar-refractivity contribution in [2.75, 3.05) is 0 Å². The summed E-state index contributed by atoms with van der Waals surface area (Å²) in [7, 11) is 0. The van der Waals surface area contributed by atoms with Crippen LogP contribution < -0.4 is 0 Å². The Kier molecular flexibility index (Phi) is 3.22. The summed E-state index contributed by atoms with van der Waals surface area (Å²) in [5.74, 6) is 0.0205. The number of hydrogen-bond donors (Lipinski definition) is 1. The average molecular weight is 236 g/mol. The van der Waals surface area contributed by atoms with Crippen molar-refractivity contribution in [2.45, 2.75) is 52.5 Å². The number of carboxylic acid groups (broad SMARTS) is 1. The zero-order valence-corrected chi connectivity index (χ0v) is 10.7. The van der Waals surface area contributed by atoms with Crippen LogP contribution in [-0.4, -0.2) is 20.9 Å². The zero-order chi connectivity index (χ0) is 12.6. The van der Waals surface area contributed by atoms with Gasteiger partial charge >= 0.3 is 5.97 Å². The molecule has 2 rings (SSSR count). The molecule has 1 saturated carbocycles. The Balaban J connectivity index is 2.18. The van der Waals surface area contributed by atoms with Gasteiger partial charge in [0.1, 0.15) is 0 Å². The third kappa shape index (κ3) is 2.51. The molecule has 0 radical (unpaired) electrons. The van der Waals surface area contributed by atoms with Crippen LogP contribution in [0.15, 0.2) is 0 Å². The van der Waals surface area contributed by atoms with Gasteiger partial charge in [-0.1, -0.05) is 0 Å². The van der Waals surface area contributed by atoms with Gasteiger partial charge in [0.05, 0.1) is 11.7 Å². The summed E-state index contributed by atoms with van der Waals surface area (Å²) in [5.41, 5.74) is 3.24. The fourth-order valence-electron chi connectivity index (χ4n) is 2.47. The lowest BCUT2D eigenvalue weighted by Gasteiger charge is -2.13. The largest absolute Gasteiger partial charge is 0.481 e. The van der Waals surface area contributed by atoms with Gasteiger partial charge in [-0.2, -0.15) is 5.10 Å². The maximum atomic E-state index is 10.6. The minimum atomic E-state index is -0.744. The Morgan fingerprint density at radius 3 is 2.71 bits per heavy atom. The highest BCUT2D eigenvalue weighted by molar-refractivity contribution is 5.67. The summed E-state index contributed by atoms with van der Waals surface area (Å²) in [5, 5.41) is 13.3. The van der Waals surface area contributed by atoms with E-state index in [1.165, 1.54) is 12.8 Å². The number of rotatable bonds is 5. The van der Waals surface area contributed by atoms with Gasteiger partial charge in [-0.15, -0.1) is 0 Å². The van der Waals surface area contributed by atoms with Gasteiger partial charge < -0.3 is 5.11 Å². The molecule has 1 N–H and O–H groups in total. The maximum absolute atomic E-state index is 10.6. The van der Waals surface area contributed by atoms with Crippen LogP contribution in [0.3, 0.4) is 0 Å². The third-order valence-electron chi connectivity index (χ3n) is 3.75. The Morgan fingerprint density at radius 2 is 2.18 bits per heavy atom. The minimum Gasteiger partial charge on any atom is -0.481 e. The number of hydrogen-bond acceptors (Lipinski definition) is 2. The van der Waals surface area contributed by atoms with Gasteiger partial charge in [0.15, 0.2) is 0 Å². The molecule has 17 heavy (non-hydrogen) atoms. The fourth-order valence-corrected chi connectivity index (χ4v) is 2.47. The number of carbonyl (C=O) groups is 1. The molecule has 4 heteroatoms. The molecule has 0 bridgehead atoms. The van der Waals surface area contributed by atoms with E-state index in [1.54, 1.807) is 0 Å². The molecule has 1 heterocycles. The first-order valence-electron chi connectivity index (χ1n) is 6.27. The number of aryl methyl sites for hydroxylation is 1. The molecule has 1 aromatic heterocycles. The van der Waals surface area contributed by atoms with Crippen LogP contribution in [0.25, 0.3) is 0 Å². The second kappa shape index (κ2) is 4.51. The van der Waals surface area contributed by atoms with E-state index in [4.69, 9.17) is 5.11 Å². The number of carboxylic acids is 1. The van der Waals surface area contributed by atoms with Crippen LogP contribution in [0.4, 0.5) is 0 Å². The van der Waals surface area contributed by atoms with Gasteiger partial charge in [-0.3, -0.25) is 9.48 Å². The second-order valence-electron chi connectivity index (χ2n) is 5.07. The van der Waals surface area contributed by atoms with Crippen molar-refractivity contribution in [3.63, 3.8) is 0 Å². The quantitative estimate of drug-likeness (QED) is 0.854. The zero-order valence-electron chi connectivity index (χ0n) is 10.7. The van der Waals surface area contributed by atoms with E-state index in [9.17, 15) is 4.79 Å². The molecule has 0 spiro atoms. The van der Waals surface area contributed by atoms with Gasteiger partial charge in [-0.05, 0) is 51.5 Å². The molecule has 0 aromatic carbocycles. The number of aliphatic carboxylic acids is 1. The normalized spacial score (nSPS) is 17.1. The van der Waals surface area contributed by atoms with Crippen molar-refractivity contribution in [3.05, 3.63) is 17.0 Å². The lowest BCUT2D eigenvalue weighted by molar-refractivity contribution is -0.136. The molecule has 0 amide bonds. The van der Waals surface area contributed by atoms with E-state index in [1.807, 2.05) is 6.92 Å². The topological polar surface area (TPSA) is 55.1 Å². The Morgan fingerprint density at radius 1 is 1.53 bits per heavy atom. The number of nitrogens with zero attached hydrogens (tertiary/aromatic N) is 2. The van der Waals surface area contributed by atoms with E-state index in [2.05, 4.69) is 23.6 Å². The Labute approximate surface area is 102 Å². The summed E-state index contributed by atoms with van der Waals surface area (Å²) < 4.78 is 2.09. The first-order valence-corrected chi connectivity index (χ1v) is 6.27. The van der Waals surface area contributed by atoms with Crippen molar-refractivity contribution >= 4 is 5.97 Å². The molecule has 1 fully saturated rings. The highest BCUT2D eigenvalue weighted by Gasteiger charge is 2.31. The number of aromatic nitrogens is 2. The van der Waals surface area contributed by atoms with Crippen LogP contribution >= 0.6 is 0 Å². The van der Waals surface area contributed by atoms with Crippen LogP contribution in [-0.2, 0) is 11.2 Å². The van der Waals surface area contributed by atoms with Crippen molar-refractivity contribution in [2.24, 2.45) is 5.92 Å². The molecule has 1 aliphatic rings. The molecule has 1 aromatic rings. The second-order valence-corrected chi connectivity index (χ2v) is 5.07.